The van der Waals surface area contributed by atoms with E-state index in [2.05, 4.69) is 10.7 Å². The number of carbonyl (C=O) groups excluding carboxylic acids is 1. The number of nitro benzene ring substituents is 1. The monoisotopic (exact) mass is 296 g/mol. The van der Waals surface area contributed by atoms with Gasteiger partial charge in [0.25, 0.3) is 11.6 Å². The number of ether oxygens (including phenoxy) is 1. The number of nitro groups is 1. The van der Waals surface area contributed by atoms with E-state index < -0.39 is 4.92 Å². The van der Waals surface area contributed by atoms with Gasteiger partial charge in [0.15, 0.2) is 0 Å². The summed E-state index contributed by atoms with van der Waals surface area (Å²) in [5, 5.41) is 13.6. The summed E-state index contributed by atoms with van der Waals surface area (Å²) in [6.07, 6.45) is 2.72. The molecule has 0 fully saturated rings. The Labute approximate surface area is 122 Å². The number of hydrogen-bond acceptors (Lipinski definition) is 6. The second kappa shape index (κ2) is 8.88. The lowest BCUT2D eigenvalue weighted by Crippen LogP contribution is -2.24. The van der Waals surface area contributed by atoms with Crippen LogP contribution in [0.4, 0.5) is 11.4 Å². The number of unbranched alkanes of at least 4 members (excludes halogenated alkanes) is 2. The molecule has 8 nitrogen and oxygen atoms in total. The molecule has 1 amide bonds. The van der Waals surface area contributed by atoms with Crippen LogP contribution < -0.4 is 16.6 Å². The van der Waals surface area contributed by atoms with Gasteiger partial charge in [0.05, 0.1) is 4.92 Å². The number of rotatable bonds is 9. The fourth-order valence-electron chi connectivity index (χ4n) is 1.80. The van der Waals surface area contributed by atoms with Gasteiger partial charge in [-0.25, -0.2) is 0 Å². The second-order valence-corrected chi connectivity index (χ2v) is 4.44. The number of carbonyl (C=O) groups is 1. The largest absolute Gasteiger partial charge is 0.385 e. The number of hydrazine groups is 1. The first-order chi connectivity index (χ1) is 10.1. The molecule has 8 heteroatoms. The number of hydrogen-bond donors (Lipinski definition) is 3. The first-order valence-electron chi connectivity index (χ1n) is 6.62. The predicted octanol–water partition coefficient (Wildman–Crippen LogP) is 1.43. The number of nitrogens with two attached hydrogens (primary N) is 1. The molecular weight excluding hydrogens is 276 g/mol. The van der Waals surface area contributed by atoms with Crippen molar-refractivity contribution in [1.82, 2.24) is 5.32 Å². The minimum Gasteiger partial charge on any atom is -0.385 e. The van der Waals surface area contributed by atoms with Gasteiger partial charge in [-0.1, -0.05) is 0 Å². The van der Waals surface area contributed by atoms with E-state index in [1.807, 2.05) is 0 Å². The van der Waals surface area contributed by atoms with Crippen molar-refractivity contribution in [3.05, 3.63) is 33.9 Å². The van der Waals surface area contributed by atoms with E-state index in [4.69, 9.17) is 10.6 Å². The van der Waals surface area contributed by atoms with Gasteiger partial charge >= 0.3 is 0 Å². The Morgan fingerprint density at radius 2 is 2.14 bits per heavy atom. The van der Waals surface area contributed by atoms with E-state index in [0.29, 0.717) is 13.2 Å². The lowest BCUT2D eigenvalue weighted by molar-refractivity contribution is -0.384. The third kappa shape index (κ3) is 5.36. The van der Waals surface area contributed by atoms with Crippen LogP contribution in [0, 0.1) is 10.1 Å². The van der Waals surface area contributed by atoms with E-state index in [-0.39, 0.29) is 22.8 Å². The zero-order valence-corrected chi connectivity index (χ0v) is 11.9. The highest BCUT2D eigenvalue weighted by molar-refractivity contribution is 5.95. The van der Waals surface area contributed by atoms with Crippen molar-refractivity contribution in [3.8, 4) is 0 Å². The second-order valence-electron chi connectivity index (χ2n) is 4.44. The Morgan fingerprint density at radius 3 is 2.76 bits per heavy atom. The molecule has 0 atom stereocenters. The molecular formula is C13H20N4O4. The highest BCUT2D eigenvalue weighted by Gasteiger charge is 2.16. The summed E-state index contributed by atoms with van der Waals surface area (Å²) in [5.74, 6) is 4.85. The Balaban J connectivity index is 2.54. The highest BCUT2D eigenvalue weighted by Crippen LogP contribution is 2.24. The molecule has 0 aromatic heterocycles. The van der Waals surface area contributed by atoms with Gasteiger partial charge in [0.1, 0.15) is 5.69 Å². The number of benzene rings is 1. The van der Waals surface area contributed by atoms with E-state index >= 15 is 0 Å². The first kappa shape index (κ1) is 16.9. The van der Waals surface area contributed by atoms with Gasteiger partial charge in [-0.2, -0.15) is 0 Å². The average Bonchev–Trinajstić information content (AvgIpc) is 2.49. The van der Waals surface area contributed by atoms with Crippen LogP contribution >= 0.6 is 0 Å². The summed E-state index contributed by atoms with van der Waals surface area (Å²) < 4.78 is 4.93. The number of nitrogens with one attached hydrogen (secondary N) is 2. The maximum Gasteiger partial charge on any atom is 0.294 e. The first-order valence-corrected chi connectivity index (χ1v) is 6.62. The fraction of sp³-hybridized carbons (Fsp3) is 0.462. The minimum atomic E-state index is -0.587. The van der Waals surface area contributed by atoms with Crippen LogP contribution in [-0.4, -0.2) is 31.1 Å². The van der Waals surface area contributed by atoms with Crippen LogP contribution in [0.3, 0.4) is 0 Å². The van der Waals surface area contributed by atoms with E-state index in [9.17, 15) is 14.9 Å². The van der Waals surface area contributed by atoms with Gasteiger partial charge in [-0.3, -0.25) is 20.8 Å². The van der Waals surface area contributed by atoms with Crippen molar-refractivity contribution in [2.45, 2.75) is 19.3 Å². The number of nitrogens with zero attached hydrogens (tertiary/aromatic N) is 1. The topological polar surface area (TPSA) is 120 Å². The van der Waals surface area contributed by atoms with Crippen LogP contribution in [0.25, 0.3) is 0 Å². The third-order valence-electron chi connectivity index (χ3n) is 2.92. The lowest BCUT2D eigenvalue weighted by Gasteiger charge is -2.07. The molecule has 4 N–H and O–H groups in total. The molecule has 0 bridgehead atoms. The molecule has 0 unspecified atom stereocenters. The molecule has 116 valence electrons. The van der Waals surface area contributed by atoms with Gasteiger partial charge in [0, 0.05) is 31.9 Å². The van der Waals surface area contributed by atoms with Gasteiger partial charge in [-0.05, 0) is 31.4 Å². The van der Waals surface area contributed by atoms with Crippen LogP contribution in [0.5, 0.6) is 0 Å². The molecule has 0 aliphatic carbocycles. The van der Waals surface area contributed by atoms with Gasteiger partial charge in [-0.15, -0.1) is 0 Å². The van der Waals surface area contributed by atoms with Crippen LogP contribution in [0.15, 0.2) is 18.2 Å². The third-order valence-corrected chi connectivity index (χ3v) is 2.92. The molecule has 0 aliphatic rings. The van der Waals surface area contributed by atoms with Crippen molar-refractivity contribution >= 4 is 17.3 Å². The number of amides is 1. The summed E-state index contributed by atoms with van der Waals surface area (Å²) in [5.41, 5.74) is 2.40. The Morgan fingerprint density at radius 1 is 1.38 bits per heavy atom. The zero-order valence-electron chi connectivity index (χ0n) is 11.9. The predicted molar refractivity (Wildman–Crippen MR) is 79.0 cm³/mol. The van der Waals surface area contributed by atoms with E-state index in [1.165, 1.54) is 18.2 Å². The summed E-state index contributed by atoms with van der Waals surface area (Å²) in [6, 6.07) is 4.10. The summed E-state index contributed by atoms with van der Waals surface area (Å²) >= 11 is 0. The SMILES string of the molecule is COCCCCCNC(=O)c1ccc(NN)c([N+](=O)[O-])c1. The Bertz CT molecular complexity index is 493. The Hall–Kier alpha value is -2.19. The van der Waals surface area contributed by atoms with Crippen molar-refractivity contribution in [1.29, 1.82) is 0 Å². The van der Waals surface area contributed by atoms with Crippen LogP contribution in [0.1, 0.15) is 29.6 Å². The van der Waals surface area contributed by atoms with Crippen molar-refractivity contribution in [2.75, 3.05) is 25.7 Å². The molecule has 1 aromatic rings. The molecule has 0 heterocycles. The molecule has 0 saturated carbocycles. The van der Waals surface area contributed by atoms with Crippen LogP contribution in [0.2, 0.25) is 0 Å². The summed E-state index contributed by atoms with van der Waals surface area (Å²) in [7, 11) is 1.65. The average molecular weight is 296 g/mol. The standard InChI is InChI=1S/C13H20N4O4/c1-21-8-4-2-3-7-15-13(18)10-5-6-11(16-14)12(9-10)17(19)20/h5-6,9,16H,2-4,7-8,14H2,1H3,(H,15,18). The van der Waals surface area contributed by atoms with Crippen molar-refractivity contribution in [2.24, 2.45) is 5.84 Å². The molecule has 1 aromatic carbocycles. The molecule has 0 aliphatic heterocycles. The number of anilines is 1. The van der Waals surface area contributed by atoms with Crippen molar-refractivity contribution in [3.63, 3.8) is 0 Å². The fourth-order valence-corrected chi connectivity index (χ4v) is 1.80. The molecule has 0 spiro atoms. The van der Waals surface area contributed by atoms with E-state index in [0.717, 1.165) is 19.3 Å². The maximum absolute atomic E-state index is 11.9. The van der Waals surface area contributed by atoms with Crippen LogP contribution in [-0.2, 0) is 4.74 Å². The molecule has 21 heavy (non-hydrogen) atoms. The van der Waals surface area contributed by atoms with Gasteiger partial charge < -0.3 is 15.5 Å². The molecule has 1 rings (SSSR count). The van der Waals surface area contributed by atoms with Gasteiger partial charge in [0.2, 0.25) is 0 Å². The number of nitrogen functional groups attached to an aromatic ring is 1. The maximum atomic E-state index is 11.9. The summed E-state index contributed by atoms with van der Waals surface area (Å²) in [6.45, 7) is 1.22. The lowest BCUT2D eigenvalue weighted by atomic mass is 10.1. The molecule has 0 radical (unpaired) electrons. The normalized spacial score (nSPS) is 10.2. The smallest absolute Gasteiger partial charge is 0.294 e. The quantitative estimate of drug-likeness (QED) is 0.274. The summed E-state index contributed by atoms with van der Waals surface area (Å²) in [4.78, 5) is 22.2. The van der Waals surface area contributed by atoms with Crippen molar-refractivity contribution < 1.29 is 14.5 Å². The Kier molecular flexibility index (Phi) is 7.13. The zero-order chi connectivity index (χ0) is 15.7. The van der Waals surface area contributed by atoms with E-state index in [1.54, 1.807) is 7.11 Å². The highest BCUT2D eigenvalue weighted by atomic mass is 16.6. The minimum absolute atomic E-state index is 0.163. The number of methoxy groups -OCH3 is 1. The molecule has 0 saturated heterocycles.